The molecule has 1 saturated heterocycles. The Hall–Kier alpha value is -0.640. The molecule has 282 valence electrons. The zero-order valence-electron chi connectivity index (χ0n) is 33.6. The van der Waals surface area contributed by atoms with Crippen molar-refractivity contribution in [2.24, 2.45) is 5.92 Å². The molecule has 1 saturated carbocycles. The molecule has 0 aromatic rings. The summed E-state index contributed by atoms with van der Waals surface area (Å²) < 4.78 is 15.0. The van der Waals surface area contributed by atoms with Crippen molar-refractivity contribution in [1.29, 1.82) is 0 Å². The number of ether oxygens (including phenoxy) is 2. The molecule has 0 amide bonds. The molecule has 1 aliphatic heterocycles. The summed E-state index contributed by atoms with van der Waals surface area (Å²) in [6.45, 7) is 7.02. The summed E-state index contributed by atoms with van der Waals surface area (Å²) in [7, 11) is 7.00. The Morgan fingerprint density at radius 3 is 1.42 bits per heavy atom. The molecule has 2 fully saturated rings. The fraction of sp³-hybridized carbons (Fsp3) is 0.911. The fourth-order valence-corrected chi connectivity index (χ4v) is 8.18. The number of rotatable bonds is 32. The number of hydrogen-bond donors (Lipinski definition) is 0. The molecule has 3 unspecified atom stereocenters. The smallest absolute Gasteiger partial charge is 0.171 e. The van der Waals surface area contributed by atoms with E-state index in [9.17, 15) is 0 Å². The van der Waals surface area contributed by atoms with Crippen LogP contribution in [0.25, 0.3) is 0 Å². The number of quaternary nitrogens is 1. The molecule has 0 N–H and O–H groups in total. The largest absolute Gasteiger partial charge is 0.343 e. The highest BCUT2D eigenvalue weighted by molar-refractivity contribution is 4.96. The predicted molar refractivity (Wildman–Crippen MR) is 212 cm³/mol. The minimum absolute atomic E-state index is 0.302. The second-order valence-corrected chi connectivity index (χ2v) is 17.0. The molecule has 0 bridgehead atoms. The normalized spacial score (nSPS) is 23.6. The zero-order valence-corrected chi connectivity index (χ0v) is 33.6. The third-order valence-electron chi connectivity index (χ3n) is 11.7. The van der Waals surface area contributed by atoms with Crippen molar-refractivity contribution < 1.29 is 14.0 Å². The molecular formula is C45H86NO2+. The molecule has 3 nitrogen and oxygen atoms in total. The maximum atomic E-state index is 7.01. The minimum Gasteiger partial charge on any atom is -0.343 e. The summed E-state index contributed by atoms with van der Waals surface area (Å²) in [5.41, 5.74) is 0. The molecule has 2 rings (SSSR count). The van der Waals surface area contributed by atoms with Crippen molar-refractivity contribution in [1.82, 2.24) is 0 Å². The first kappa shape index (κ1) is 43.5. The summed E-state index contributed by atoms with van der Waals surface area (Å²) in [6.07, 6.45) is 50.2. The number of fused-ring (bicyclic) bond motifs is 1. The van der Waals surface area contributed by atoms with Gasteiger partial charge in [-0.2, -0.15) is 0 Å². The quantitative estimate of drug-likeness (QED) is 0.0402. The lowest BCUT2D eigenvalue weighted by molar-refractivity contribution is -0.895. The first-order chi connectivity index (χ1) is 23.3. The van der Waals surface area contributed by atoms with Crippen LogP contribution in [-0.2, 0) is 9.47 Å². The molecule has 0 aromatic carbocycles. The van der Waals surface area contributed by atoms with Crippen LogP contribution >= 0.6 is 0 Å². The van der Waals surface area contributed by atoms with Crippen LogP contribution in [0, 0.1) is 5.92 Å². The summed E-state index contributed by atoms with van der Waals surface area (Å²) in [5, 5.41) is 0. The van der Waals surface area contributed by atoms with Gasteiger partial charge >= 0.3 is 0 Å². The molecule has 0 radical (unpaired) electrons. The molecule has 0 aromatic heterocycles. The first-order valence-corrected chi connectivity index (χ1v) is 21.8. The van der Waals surface area contributed by atoms with Crippen LogP contribution in [0.15, 0.2) is 24.3 Å². The highest BCUT2D eigenvalue weighted by Crippen LogP contribution is 2.47. The van der Waals surface area contributed by atoms with Gasteiger partial charge in [-0.25, -0.2) is 0 Å². The number of nitrogens with zero attached hydrogens (tertiary/aromatic N) is 1. The molecule has 0 spiro atoms. The number of unbranched alkanes of at least 4 members (excludes halogenated alkanes) is 22. The van der Waals surface area contributed by atoms with Gasteiger partial charge in [0.25, 0.3) is 0 Å². The third kappa shape index (κ3) is 19.1. The Morgan fingerprint density at radius 2 is 0.938 bits per heavy atom. The van der Waals surface area contributed by atoms with E-state index in [4.69, 9.17) is 9.47 Å². The van der Waals surface area contributed by atoms with E-state index in [-0.39, 0.29) is 5.79 Å². The Bertz CT molecular complexity index is 783. The number of hydrogen-bond acceptors (Lipinski definition) is 2. The second kappa shape index (κ2) is 27.1. The van der Waals surface area contributed by atoms with Crippen molar-refractivity contribution in [3.8, 4) is 0 Å². The molecule has 48 heavy (non-hydrogen) atoms. The first-order valence-electron chi connectivity index (χ1n) is 21.8. The zero-order chi connectivity index (χ0) is 34.8. The molecular weight excluding hydrogens is 587 g/mol. The minimum atomic E-state index is -0.336. The van der Waals surface area contributed by atoms with Crippen LogP contribution in [0.3, 0.4) is 0 Å². The average molecular weight is 673 g/mol. The standard InChI is InChI=1S/C45H86NO2/c1-7-9-11-13-15-17-19-21-23-24-26-28-30-32-34-36-38-45(47-43-39-42(46(4,5)6)40-44(43)48-45)41(3)37-35-33-31-29-27-25-22-20-18-16-14-12-10-8-2/h15,17,21,23,41-44H,7-14,16,18-20,22,24-40H2,1-6H3/q+1/b17-15-,23-21-/t41?,42?,43-,44+,45?. The molecule has 5 atom stereocenters. The van der Waals surface area contributed by atoms with Gasteiger partial charge in [-0.05, 0) is 44.9 Å². The van der Waals surface area contributed by atoms with E-state index >= 15 is 0 Å². The highest BCUT2D eigenvalue weighted by atomic mass is 16.8. The summed E-state index contributed by atoms with van der Waals surface area (Å²) >= 11 is 0. The molecule has 1 heterocycles. The van der Waals surface area contributed by atoms with Crippen molar-refractivity contribution >= 4 is 0 Å². The van der Waals surface area contributed by atoms with Gasteiger partial charge in [0.2, 0.25) is 0 Å². The Morgan fingerprint density at radius 1 is 0.542 bits per heavy atom. The lowest BCUT2D eigenvalue weighted by atomic mass is 9.89. The SMILES string of the molecule is CCCCC/C=C\C/C=C\CCCCCCCCC1(C(C)CCCCCCCCCCCCCCCC)O[C@H]2CC([N+](C)(C)C)C[C@H]2O1. The van der Waals surface area contributed by atoms with Crippen molar-refractivity contribution in [3.05, 3.63) is 24.3 Å². The van der Waals surface area contributed by atoms with E-state index in [2.05, 4.69) is 66.2 Å². The van der Waals surface area contributed by atoms with Crippen LogP contribution < -0.4 is 0 Å². The van der Waals surface area contributed by atoms with Crippen molar-refractivity contribution in [3.63, 3.8) is 0 Å². The van der Waals surface area contributed by atoms with E-state index in [0.717, 1.165) is 30.2 Å². The van der Waals surface area contributed by atoms with E-state index in [1.807, 2.05) is 0 Å². The van der Waals surface area contributed by atoms with Gasteiger partial charge < -0.3 is 14.0 Å². The van der Waals surface area contributed by atoms with E-state index in [1.165, 1.54) is 167 Å². The molecule has 3 heteroatoms. The Labute approximate surface area is 302 Å². The lowest BCUT2D eigenvalue weighted by Gasteiger charge is -2.37. The van der Waals surface area contributed by atoms with E-state index < -0.39 is 0 Å². The topological polar surface area (TPSA) is 18.5 Å². The summed E-state index contributed by atoms with van der Waals surface area (Å²) in [5.74, 6) is 0.151. The second-order valence-electron chi connectivity index (χ2n) is 17.0. The van der Waals surface area contributed by atoms with E-state index in [1.54, 1.807) is 0 Å². The lowest BCUT2D eigenvalue weighted by Crippen LogP contribution is -2.46. The predicted octanol–water partition coefficient (Wildman–Crippen LogP) is 14.0. The Kier molecular flexibility index (Phi) is 24.5. The maximum Gasteiger partial charge on any atom is 0.171 e. The summed E-state index contributed by atoms with van der Waals surface area (Å²) in [6, 6.07) is 0.654. The van der Waals surface area contributed by atoms with Crippen molar-refractivity contribution in [2.75, 3.05) is 21.1 Å². The fourth-order valence-electron chi connectivity index (χ4n) is 8.18. The van der Waals surface area contributed by atoms with Crippen LogP contribution in [0.1, 0.15) is 213 Å². The summed E-state index contributed by atoms with van der Waals surface area (Å²) in [4.78, 5) is 0. The molecule has 2 aliphatic rings. The average Bonchev–Trinajstić information content (AvgIpc) is 3.62. The van der Waals surface area contributed by atoms with E-state index in [0.29, 0.717) is 24.2 Å². The van der Waals surface area contributed by atoms with Gasteiger partial charge in [-0.1, -0.05) is 173 Å². The van der Waals surface area contributed by atoms with Crippen LogP contribution in [0.5, 0.6) is 0 Å². The molecule has 1 aliphatic carbocycles. The van der Waals surface area contributed by atoms with Gasteiger partial charge in [0.15, 0.2) is 5.79 Å². The highest BCUT2D eigenvalue weighted by Gasteiger charge is 2.55. The van der Waals surface area contributed by atoms with Crippen LogP contribution in [0.4, 0.5) is 0 Å². The van der Waals surface area contributed by atoms with Gasteiger partial charge in [-0.15, -0.1) is 0 Å². The third-order valence-corrected chi connectivity index (χ3v) is 11.7. The van der Waals surface area contributed by atoms with Gasteiger partial charge in [0.05, 0.1) is 39.4 Å². The maximum absolute atomic E-state index is 7.01. The van der Waals surface area contributed by atoms with Crippen molar-refractivity contribution in [2.45, 2.75) is 237 Å². The number of allylic oxidation sites excluding steroid dienone is 4. The van der Waals surface area contributed by atoms with Crippen LogP contribution in [-0.4, -0.2) is 49.7 Å². The van der Waals surface area contributed by atoms with Gasteiger partial charge in [-0.3, -0.25) is 0 Å². The van der Waals surface area contributed by atoms with Crippen LogP contribution in [0.2, 0.25) is 0 Å². The van der Waals surface area contributed by atoms with Gasteiger partial charge in [0.1, 0.15) is 0 Å². The monoisotopic (exact) mass is 673 g/mol. The van der Waals surface area contributed by atoms with Gasteiger partial charge in [0, 0.05) is 25.2 Å². The Balaban J connectivity index is 1.61.